The molecular weight excluding hydrogens is 541 g/mol. The fourth-order valence-electron chi connectivity index (χ4n) is 3.77. The molecule has 3 unspecified atom stereocenters. The third-order valence-electron chi connectivity index (χ3n) is 6.02. The van der Waals surface area contributed by atoms with Crippen LogP contribution in [-0.2, 0) is 27.1 Å². The van der Waals surface area contributed by atoms with Gasteiger partial charge in [0.25, 0.3) is 0 Å². The summed E-state index contributed by atoms with van der Waals surface area (Å²) in [5.41, 5.74) is 9.66. The van der Waals surface area contributed by atoms with Gasteiger partial charge in [-0.25, -0.2) is 8.78 Å². The fraction of sp³-hybridized carbons (Fsp3) is 0.423. The summed E-state index contributed by atoms with van der Waals surface area (Å²) < 4.78 is 66.4. The molecule has 0 saturated carbocycles. The van der Waals surface area contributed by atoms with Crippen molar-refractivity contribution in [3.8, 4) is 0 Å². The monoisotopic (exact) mass is 573 g/mol. The summed E-state index contributed by atoms with van der Waals surface area (Å²) in [4.78, 5) is 39.9. The number of amides is 3. The van der Waals surface area contributed by atoms with Gasteiger partial charge in [-0.3, -0.25) is 14.4 Å². The first kappa shape index (κ1) is 32.6. The van der Waals surface area contributed by atoms with Crippen molar-refractivity contribution in [3.05, 3.63) is 70.8 Å². The lowest BCUT2D eigenvalue weighted by molar-refractivity contribution is -0.138. The first-order valence-corrected chi connectivity index (χ1v) is 12.3. The standard InChI is InChI=1S/C26H32F5N5O4/c1-15(12-21(37)36(10-8-32)11-9-33)24(39)35-22(23(38)16-2-4-18(5-3-16)26(29,30)31)25(40)34-14-17-13-19(27)6-7-20(17)28/h2-7,13,15,22-23,38H,8-12,14,32-33H2,1H3,(H,34,40)(H,35,39). The van der Waals surface area contributed by atoms with Crippen molar-refractivity contribution >= 4 is 17.7 Å². The number of halogens is 5. The van der Waals surface area contributed by atoms with Crippen LogP contribution in [0.25, 0.3) is 0 Å². The molecule has 0 spiro atoms. The van der Waals surface area contributed by atoms with Gasteiger partial charge >= 0.3 is 6.18 Å². The minimum absolute atomic E-state index is 0.133. The smallest absolute Gasteiger partial charge is 0.386 e. The molecule has 0 aromatic heterocycles. The quantitative estimate of drug-likeness (QED) is 0.230. The molecule has 3 amide bonds. The van der Waals surface area contributed by atoms with Crippen LogP contribution in [0.5, 0.6) is 0 Å². The van der Waals surface area contributed by atoms with Gasteiger partial charge in [-0.2, -0.15) is 13.2 Å². The Morgan fingerprint density at radius 2 is 1.57 bits per heavy atom. The number of benzene rings is 2. The van der Waals surface area contributed by atoms with Crippen LogP contribution in [0.3, 0.4) is 0 Å². The highest BCUT2D eigenvalue weighted by Crippen LogP contribution is 2.30. The Labute approximate surface area is 227 Å². The number of hydrogen-bond acceptors (Lipinski definition) is 6. The van der Waals surface area contributed by atoms with E-state index in [2.05, 4.69) is 10.6 Å². The predicted molar refractivity (Wildman–Crippen MR) is 135 cm³/mol. The average Bonchev–Trinajstić information content (AvgIpc) is 2.90. The number of aliphatic hydroxyl groups excluding tert-OH is 1. The Bertz CT molecular complexity index is 1160. The topological polar surface area (TPSA) is 151 Å². The largest absolute Gasteiger partial charge is 0.416 e. The molecule has 0 saturated heterocycles. The third kappa shape index (κ3) is 9.24. The van der Waals surface area contributed by atoms with Crippen molar-refractivity contribution < 1.29 is 41.4 Å². The molecule has 3 atom stereocenters. The van der Waals surface area contributed by atoms with Gasteiger partial charge < -0.3 is 32.1 Å². The van der Waals surface area contributed by atoms with Crippen LogP contribution in [0.1, 0.15) is 36.1 Å². The molecule has 2 rings (SSSR count). The molecular formula is C26H32F5N5O4. The van der Waals surface area contributed by atoms with Gasteiger partial charge in [0, 0.05) is 50.6 Å². The molecule has 220 valence electrons. The van der Waals surface area contributed by atoms with Crippen molar-refractivity contribution in [1.82, 2.24) is 15.5 Å². The maximum atomic E-state index is 14.0. The maximum Gasteiger partial charge on any atom is 0.416 e. The molecule has 14 heteroatoms. The summed E-state index contributed by atoms with van der Waals surface area (Å²) >= 11 is 0. The fourth-order valence-corrected chi connectivity index (χ4v) is 3.77. The summed E-state index contributed by atoms with van der Waals surface area (Å²) in [6.07, 6.45) is -6.77. The molecule has 0 aliphatic rings. The van der Waals surface area contributed by atoms with Crippen molar-refractivity contribution in [1.29, 1.82) is 0 Å². The van der Waals surface area contributed by atoms with Gasteiger partial charge in [-0.05, 0) is 35.9 Å². The number of rotatable bonds is 13. The number of carbonyl (C=O) groups is 3. The van der Waals surface area contributed by atoms with Gasteiger partial charge in [-0.15, -0.1) is 0 Å². The average molecular weight is 574 g/mol. The Kier molecular flexibility index (Phi) is 12.0. The molecule has 40 heavy (non-hydrogen) atoms. The summed E-state index contributed by atoms with van der Waals surface area (Å²) in [7, 11) is 0. The van der Waals surface area contributed by atoms with E-state index in [1.54, 1.807) is 0 Å². The summed E-state index contributed by atoms with van der Waals surface area (Å²) in [5, 5.41) is 15.5. The second-order valence-corrected chi connectivity index (χ2v) is 9.07. The molecule has 0 aliphatic carbocycles. The molecule has 0 aliphatic heterocycles. The lowest BCUT2D eigenvalue weighted by atomic mass is 9.98. The van der Waals surface area contributed by atoms with Gasteiger partial charge in [0.05, 0.1) is 5.56 Å². The summed E-state index contributed by atoms with van der Waals surface area (Å²) in [5.74, 6) is -4.87. The van der Waals surface area contributed by atoms with E-state index in [0.29, 0.717) is 12.1 Å². The Morgan fingerprint density at radius 3 is 2.12 bits per heavy atom. The van der Waals surface area contributed by atoms with E-state index in [1.807, 2.05) is 0 Å². The van der Waals surface area contributed by atoms with Gasteiger partial charge in [-0.1, -0.05) is 19.1 Å². The van der Waals surface area contributed by atoms with Crippen LogP contribution in [0.4, 0.5) is 22.0 Å². The summed E-state index contributed by atoms with van der Waals surface area (Å²) in [6.45, 7) is 1.63. The zero-order valence-electron chi connectivity index (χ0n) is 21.7. The molecule has 2 aromatic carbocycles. The first-order chi connectivity index (χ1) is 18.8. The third-order valence-corrected chi connectivity index (χ3v) is 6.02. The highest BCUT2D eigenvalue weighted by atomic mass is 19.4. The number of alkyl halides is 3. The van der Waals surface area contributed by atoms with Crippen molar-refractivity contribution in [3.63, 3.8) is 0 Å². The van der Waals surface area contributed by atoms with E-state index in [9.17, 15) is 41.4 Å². The van der Waals surface area contributed by atoms with Gasteiger partial charge in [0.15, 0.2) is 0 Å². The molecule has 9 nitrogen and oxygen atoms in total. The van der Waals surface area contributed by atoms with E-state index in [-0.39, 0.29) is 43.7 Å². The second-order valence-electron chi connectivity index (χ2n) is 9.07. The highest BCUT2D eigenvalue weighted by Gasteiger charge is 2.34. The van der Waals surface area contributed by atoms with Crippen LogP contribution in [0.15, 0.2) is 42.5 Å². The Hall–Kier alpha value is -3.62. The molecule has 7 N–H and O–H groups in total. The van der Waals surface area contributed by atoms with Crippen LogP contribution < -0.4 is 22.1 Å². The zero-order valence-corrected chi connectivity index (χ0v) is 21.7. The molecule has 0 fully saturated rings. The highest BCUT2D eigenvalue weighted by molar-refractivity contribution is 5.91. The van der Waals surface area contributed by atoms with Crippen LogP contribution >= 0.6 is 0 Å². The number of carbonyl (C=O) groups excluding carboxylic acids is 3. The number of aliphatic hydroxyl groups is 1. The summed E-state index contributed by atoms with van der Waals surface area (Å²) in [6, 6.07) is 4.09. The Morgan fingerprint density at radius 1 is 0.975 bits per heavy atom. The zero-order chi connectivity index (χ0) is 30.0. The number of nitrogens with zero attached hydrogens (tertiary/aromatic N) is 1. The van der Waals surface area contributed by atoms with Crippen molar-refractivity contribution in [2.45, 2.75) is 38.2 Å². The number of hydrogen-bond donors (Lipinski definition) is 5. The number of nitrogens with one attached hydrogen (secondary N) is 2. The molecule has 0 heterocycles. The van der Waals surface area contributed by atoms with E-state index >= 15 is 0 Å². The van der Waals surface area contributed by atoms with Crippen molar-refractivity contribution in [2.24, 2.45) is 17.4 Å². The van der Waals surface area contributed by atoms with Crippen molar-refractivity contribution in [2.75, 3.05) is 26.2 Å². The van der Waals surface area contributed by atoms with Crippen LogP contribution in [0, 0.1) is 17.6 Å². The normalized spacial score (nSPS) is 13.7. The van der Waals surface area contributed by atoms with Gasteiger partial charge in [0.2, 0.25) is 17.7 Å². The second kappa shape index (κ2) is 14.7. The van der Waals surface area contributed by atoms with Crippen LogP contribution in [0.2, 0.25) is 0 Å². The molecule has 0 bridgehead atoms. The van der Waals surface area contributed by atoms with E-state index in [4.69, 9.17) is 11.5 Å². The Balaban J connectivity index is 2.25. The van der Waals surface area contributed by atoms with Crippen LogP contribution in [-0.4, -0.2) is 59.9 Å². The maximum absolute atomic E-state index is 14.0. The van der Waals surface area contributed by atoms with E-state index in [0.717, 1.165) is 30.3 Å². The lowest BCUT2D eigenvalue weighted by Gasteiger charge is -2.26. The SMILES string of the molecule is CC(CC(=O)N(CCN)CCN)C(=O)NC(C(=O)NCc1cc(F)ccc1F)C(O)c1ccc(C(F)(F)F)cc1. The van der Waals surface area contributed by atoms with E-state index in [1.165, 1.54) is 11.8 Å². The molecule has 2 aromatic rings. The molecule has 0 radical (unpaired) electrons. The first-order valence-electron chi connectivity index (χ1n) is 12.3. The predicted octanol–water partition coefficient (Wildman–Crippen LogP) is 1.59. The lowest BCUT2D eigenvalue weighted by Crippen LogP contribution is -2.51. The minimum Gasteiger partial charge on any atom is -0.386 e. The van der Waals surface area contributed by atoms with Gasteiger partial charge in [0.1, 0.15) is 23.8 Å². The number of nitrogens with two attached hydrogens (primary N) is 2. The minimum atomic E-state index is -4.65. The van der Waals surface area contributed by atoms with E-state index < -0.39 is 65.7 Å².